The molecular weight excluding hydrogens is 340 g/mol. The molecule has 26 heavy (non-hydrogen) atoms. The highest BCUT2D eigenvalue weighted by Gasteiger charge is 2.33. The third-order valence-corrected chi connectivity index (χ3v) is 4.58. The summed E-state index contributed by atoms with van der Waals surface area (Å²) in [5.41, 5.74) is 7.79. The minimum absolute atomic E-state index is 0.212. The molecule has 4 rings (SSSR count). The van der Waals surface area contributed by atoms with Crippen molar-refractivity contribution in [2.45, 2.75) is 18.6 Å². The van der Waals surface area contributed by atoms with Crippen LogP contribution in [0.1, 0.15) is 18.0 Å². The summed E-state index contributed by atoms with van der Waals surface area (Å²) in [4.78, 5) is 13.0. The summed E-state index contributed by atoms with van der Waals surface area (Å²) >= 11 is 0. The number of hydrogen-bond acceptors (Lipinski definition) is 3. The minimum Gasteiger partial charge on any atom is -0.361 e. The average molecular weight is 357 g/mol. The fourth-order valence-corrected chi connectivity index (χ4v) is 3.48. The van der Waals surface area contributed by atoms with E-state index in [4.69, 9.17) is 5.73 Å². The zero-order chi connectivity index (χ0) is 18.3. The van der Waals surface area contributed by atoms with E-state index in [1.807, 2.05) is 17.0 Å². The van der Waals surface area contributed by atoms with E-state index in [0.29, 0.717) is 17.6 Å². The molecule has 0 saturated carbocycles. The van der Waals surface area contributed by atoms with Gasteiger partial charge in [0.15, 0.2) is 0 Å². The second-order valence-electron chi connectivity index (χ2n) is 6.32. The monoisotopic (exact) mass is 357 g/mol. The first-order valence-electron chi connectivity index (χ1n) is 8.21. The Balaban J connectivity index is 1.73. The Hall–Kier alpha value is -3.16. The zero-order valence-corrected chi connectivity index (χ0v) is 13.8. The number of aromatic nitrogens is 2. The number of carbonyl (C=O) groups excluding carboxylic acids is 1. The van der Waals surface area contributed by atoms with E-state index in [2.05, 4.69) is 10.4 Å². The van der Waals surface area contributed by atoms with E-state index in [1.165, 1.54) is 18.3 Å². The van der Waals surface area contributed by atoms with Gasteiger partial charge in [-0.3, -0.25) is 0 Å². The zero-order valence-electron chi connectivity index (χ0n) is 13.8. The summed E-state index contributed by atoms with van der Waals surface area (Å²) in [6, 6.07) is 8.91. The van der Waals surface area contributed by atoms with Crippen LogP contribution in [-0.2, 0) is 0 Å². The van der Waals surface area contributed by atoms with Crippen molar-refractivity contribution in [1.82, 2.24) is 9.61 Å². The third-order valence-electron chi connectivity index (χ3n) is 4.58. The van der Waals surface area contributed by atoms with Gasteiger partial charge in [-0.25, -0.2) is 18.1 Å². The lowest BCUT2D eigenvalue weighted by molar-refractivity contribution is 0.259. The van der Waals surface area contributed by atoms with Crippen LogP contribution >= 0.6 is 0 Å². The van der Waals surface area contributed by atoms with Crippen molar-refractivity contribution in [3.05, 3.63) is 60.2 Å². The molecule has 2 unspecified atom stereocenters. The molecule has 1 aliphatic rings. The largest absolute Gasteiger partial charge is 0.361 e. The van der Waals surface area contributed by atoms with Crippen molar-refractivity contribution in [2.75, 3.05) is 16.8 Å². The van der Waals surface area contributed by atoms with Crippen LogP contribution in [0.4, 0.5) is 25.0 Å². The van der Waals surface area contributed by atoms with Gasteiger partial charge in [0.05, 0.1) is 23.4 Å². The molecule has 8 heteroatoms. The van der Waals surface area contributed by atoms with Gasteiger partial charge >= 0.3 is 6.03 Å². The second kappa shape index (κ2) is 6.29. The van der Waals surface area contributed by atoms with Gasteiger partial charge < -0.3 is 16.0 Å². The lowest BCUT2D eigenvalue weighted by Crippen LogP contribution is -2.24. The van der Waals surface area contributed by atoms with Gasteiger partial charge in [-0.2, -0.15) is 5.10 Å². The third kappa shape index (κ3) is 2.94. The summed E-state index contributed by atoms with van der Waals surface area (Å²) in [6.07, 6.45) is 2.51. The van der Waals surface area contributed by atoms with Crippen LogP contribution in [0.2, 0.25) is 0 Å². The molecule has 1 aromatic carbocycles. The molecule has 2 amide bonds. The first-order valence-corrected chi connectivity index (χ1v) is 8.21. The van der Waals surface area contributed by atoms with Crippen molar-refractivity contribution in [2.24, 2.45) is 5.73 Å². The van der Waals surface area contributed by atoms with Crippen LogP contribution in [0.25, 0.3) is 5.52 Å². The molecule has 3 N–H and O–H groups in total. The van der Waals surface area contributed by atoms with Crippen molar-refractivity contribution >= 4 is 22.9 Å². The fourth-order valence-electron chi connectivity index (χ4n) is 3.48. The Morgan fingerprint density at radius 3 is 2.92 bits per heavy atom. The number of hydrogen-bond donors (Lipinski definition) is 2. The summed E-state index contributed by atoms with van der Waals surface area (Å²) < 4.78 is 29.4. The van der Waals surface area contributed by atoms with Crippen LogP contribution in [0.15, 0.2) is 48.8 Å². The Kier molecular flexibility index (Phi) is 3.95. The van der Waals surface area contributed by atoms with E-state index in [-0.39, 0.29) is 18.4 Å². The number of anilines is 2. The molecule has 0 radical (unpaired) electrons. The molecule has 0 aliphatic carbocycles. The first-order chi connectivity index (χ1) is 12.5. The van der Waals surface area contributed by atoms with Gasteiger partial charge in [0.1, 0.15) is 12.0 Å². The lowest BCUT2D eigenvalue weighted by Gasteiger charge is -2.27. The Morgan fingerprint density at radius 2 is 2.15 bits per heavy atom. The number of urea groups is 1. The maximum atomic E-state index is 14.2. The summed E-state index contributed by atoms with van der Waals surface area (Å²) in [6.45, 7) is 0.212. The van der Waals surface area contributed by atoms with Crippen molar-refractivity contribution in [1.29, 1.82) is 0 Å². The Labute approximate surface area is 148 Å². The van der Waals surface area contributed by atoms with Gasteiger partial charge in [-0.1, -0.05) is 12.1 Å². The SMILES string of the molecule is NC(=O)Nc1cnn2ccc(N3CC(F)CC3c3cccc(F)c3)cc12. The molecule has 1 saturated heterocycles. The van der Waals surface area contributed by atoms with Gasteiger partial charge in [0.25, 0.3) is 0 Å². The highest BCUT2D eigenvalue weighted by Crippen LogP contribution is 2.38. The first kappa shape index (κ1) is 16.3. The number of carbonyl (C=O) groups is 1. The van der Waals surface area contributed by atoms with Crippen LogP contribution in [0.5, 0.6) is 0 Å². The molecule has 2 aromatic heterocycles. The highest BCUT2D eigenvalue weighted by atomic mass is 19.1. The van der Waals surface area contributed by atoms with Gasteiger partial charge in [-0.15, -0.1) is 0 Å². The van der Waals surface area contributed by atoms with E-state index in [0.717, 1.165) is 11.3 Å². The van der Waals surface area contributed by atoms with Crippen molar-refractivity contribution in [3.8, 4) is 0 Å². The number of nitrogens with one attached hydrogen (secondary N) is 1. The number of alkyl halides is 1. The predicted molar refractivity (Wildman–Crippen MR) is 94.4 cm³/mol. The maximum absolute atomic E-state index is 14.2. The number of pyridine rings is 1. The standard InChI is InChI=1S/C18H17F2N5O/c19-12-3-1-2-11(6-12)16-7-13(20)10-24(16)14-4-5-25-17(8-14)15(9-22-25)23-18(21)26/h1-6,8-9,13,16H,7,10H2,(H3,21,23,26). The predicted octanol–water partition coefficient (Wildman–Crippen LogP) is 3.25. The number of halogens is 2. The van der Waals surface area contributed by atoms with E-state index in [1.54, 1.807) is 22.8 Å². The topological polar surface area (TPSA) is 75.7 Å². The van der Waals surface area contributed by atoms with Crippen LogP contribution in [-0.4, -0.2) is 28.4 Å². The van der Waals surface area contributed by atoms with Gasteiger partial charge in [-0.05, 0) is 29.8 Å². The molecule has 6 nitrogen and oxygen atoms in total. The smallest absolute Gasteiger partial charge is 0.316 e. The number of primary amides is 1. The normalized spacial score (nSPS) is 19.8. The lowest BCUT2D eigenvalue weighted by atomic mass is 10.0. The van der Waals surface area contributed by atoms with E-state index < -0.39 is 12.2 Å². The summed E-state index contributed by atoms with van der Waals surface area (Å²) in [5, 5.41) is 6.67. The Morgan fingerprint density at radius 1 is 1.31 bits per heavy atom. The summed E-state index contributed by atoms with van der Waals surface area (Å²) in [7, 11) is 0. The number of rotatable bonds is 3. The summed E-state index contributed by atoms with van der Waals surface area (Å²) in [5.74, 6) is -0.344. The van der Waals surface area contributed by atoms with Crippen molar-refractivity contribution < 1.29 is 13.6 Å². The van der Waals surface area contributed by atoms with E-state index >= 15 is 0 Å². The maximum Gasteiger partial charge on any atom is 0.316 e. The molecule has 134 valence electrons. The fraction of sp³-hybridized carbons (Fsp3) is 0.222. The second-order valence-corrected chi connectivity index (χ2v) is 6.32. The molecule has 0 spiro atoms. The molecule has 0 bridgehead atoms. The number of amides is 2. The highest BCUT2D eigenvalue weighted by molar-refractivity contribution is 5.93. The van der Waals surface area contributed by atoms with Crippen LogP contribution < -0.4 is 16.0 Å². The molecule has 3 aromatic rings. The van der Waals surface area contributed by atoms with E-state index in [9.17, 15) is 13.6 Å². The molecule has 1 aliphatic heterocycles. The van der Waals surface area contributed by atoms with Gasteiger partial charge in [0, 0.05) is 24.8 Å². The quantitative estimate of drug-likeness (QED) is 0.755. The minimum atomic E-state index is -1.01. The Bertz CT molecular complexity index is 973. The average Bonchev–Trinajstić information content (AvgIpc) is 3.18. The van der Waals surface area contributed by atoms with Gasteiger partial charge in [0.2, 0.25) is 0 Å². The van der Waals surface area contributed by atoms with Crippen LogP contribution in [0.3, 0.4) is 0 Å². The number of nitrogens with zero attached hydrogens (tertiary/aromatic N) is 3. The number of nitrogens with two attached hydrogens (primary N) is 1. The number of benzene rings is 1. The van der Waals surface area contributed by atoms with Crippen LogP contribution in [0, 0.1) is 5.82 Å². The van der Waals surface area contributed by atoms with Crippen molar-refractivity contribution in [3.63, 3.8) is 0 Å². The molecule has 2 atom stereocenters. The molecular formula is C18H17F2N5O. The number of fused-ring (bicyclic) bond motifs is 1. The molecule has 3 heterocycles. The molecule has 1 fully saturated rings.